The van der Waals surface area contributed by atoms with E-state index in [0.29, 0.717) is 25.4 Å². The zero-order valence-electron chi connectivity index (χ0n) is 10.5. The third-order valence-electron chi connectivity index (χ3n) is 3.06. The van der Waals surface area contributed by atoms with Crippen LogP contribution in [0.5, 0.6) is 0 Å². The first-order chi connectivity index (χ1) is 9.15. The van der Waals surface area contributed by atoms with Gasteiger partial charge in [-0.15, -0.1) is 5.10 Å². The van der Waals surface area contributed by atoms with E-state index >= 15 is 0 Å². The number of amides is 1. The van der Waals surface area contributed by atoms with Crippen LogP contribution in [-0.2, 0) is 11.3 Å². The predicted molar refractivity (Wildman–Crippen MR) is 65.6 cm³/mol. The van der Waals surface area contributed by atoms with Crippen LogP contribution in [-0.4, -0.2) is 51.6 Å². The van der Waals surface area contributed by atoms with Crippen LogP contribution >= 0.6 is 0 Å². The molecule has 0 bridgehead atoms. The van der Waals surface area contributed by atoms with Gasteiger partial charge in [-0.05, 0) is 25.4 Å². The quantitative estimate of drug-likeness (QED) is 0.616. The lowest BCUT2D eigenvalue weighted by atomic mass is 10.0. The van der Waals surface area contributed by atoms with Crippen LogP contribution < -0.4 is 10.6 Å². The molecule has 104 valence electrons. The van der Waals surface area contributed by atoms with Crippen LogP contribution in [0, 0.1) is 5.92 Å². The monoisotopic (exact) mass is 267 g/mol. The van der Waals surface area contributed by atoms with Gasteiger partial charge in [-0.2, -0.15) is 0 Å². The van der Waals surface area contributed by atoms with E-state index in [2.05, 4.69) is 20.9 Å². The molecule has 1 saturated heterocycles. The maximum atomic E-state index is 11.6. The number of nitrogens with zero attached hydrogens (tertiary/aromatic N) is 3. The van der Waals surface area contributed by atoms with Gasteiger partial charge in [0.25, 0.3) is 0 Å². The van der Waals surface area contributed by atoms with Crippen molar-refractivity contribution in [2.24, 2.45) is 5.92 Å². The van der Waals surface area contributed by atoms with Gasteiger partial charge in [0.05, 0.1) is 12.7 Å². The van der Waals surface area contributed by atoms with Crippen LogP contribution in [0.25, 0.3) is 0 Å². The van der Waals surface area contributed by atoms with Crippen LogP contribution in [0.4, 0.5) is 0 Å². The second kappa shape index (κ2) is 6.28. The number of hydrogen-bond acceptors (Lipinski definition) is 5. The number of nitrogens with one attached hydrogen (secondary N) is 2. The Hall–Kier alpha value is -1.96. The number of carboxylic acid groups (broad SMARTS) is 1. The molecule has 1 aromatic heterocycles. The normalized spacial score (nSPS) is 18.4. The molecule has 0 spiro atoms. The van der Waals surface area contributed by atoms with Crippen LogP contribution in [0.15, 0.2) is 6.20 Å². The van der Waals surface area contributed by atoms with Gasteiger partial charge in [0.1, 0.15) is 0 Å². The number of carbonyl (C=O) groups is 2. The lowest BCUT2D eigenvalue weighted by Crippen LogP contribution is -2.29. The fourth-order valence-electron chi connectivity index (χ4n) is 2.04. The molecule has 0 aliphatic carbocycles. The summed E-state index contributed by atoms with van der Waals surface area (Å²) in [6.45, 7) is 2.71. The number of rotatable bonds is 6. The highest BCUT2D eigenvalue weighted by atomic mass is 16.4. The number of aromatic carboxylic acids is 1. The molecule has 1 aromatic rings. The standard InChI is InChI=1S/C11H17N5O3/c17-10(5-8-1-2-12-6-8)13-3-4-16-7-9(11(18)19)14-15-16/h7-8,12H,1-6H2,(H,13,17)(H,18,19). The highest BCUT2D eigenvalue weighted by Gasteiger charge is 2.17. The van der Waals surface area contributed by atoms with Gasteiger partial charge in [-0.25, -0.2) is 9.48 Å². The van der Waals surface area contributed by atoms with Crippen molar-refractivity contribution in [3.63, 3.8) is 0 Å². The molecule has 1 unspecified atom stereocenters. The third-order valence-corrected chi connectivity index (χ3v) is 3.06. The molecule has 8 nitrogen and oxygen atoms in total. The van der Waals surface area contributed by atoms with Crippen LogP contribution in [0.2, 0.25) is 0 Å². The summed E-state index contributed by atoms with van der Waals surface area (Å²) in [4.78, 5) is 22.2. The van der Waals surface area contributed by atoms with Gasteiger partial charge < -0.3 is 15.7 Å². The second-order valence-corrected chi connectivity index (χ2v) is 4.58. The minimum absolute atomic E-state index is 0.0206. The lowest BCUT2D eigenvalue weighted by molar-refractivity contribution is -0.121. The number of carbonyl (C=O) groups excluding carboxylic acids is 1. The summed E-state index contributed by atoms with van der Waals surface area (Å²) >= 11 is 0. The number of aromatic nitrogens is 3. The number of carboxylic acids is 1. The average Bonchev–Trinajstić information content (AvgIpc) is 3.00. The lowest BCUT2D eigenvalue weighted by Gasteiger charge is -2.08. The maximum absolute atomic E-state index is 11.6. The first-order valence-electron chi connectivity index (χ1n) is 6.26. The van der Waals surface area contributed by atoms with Crippen molar-refractivity contribution in [1.29, 1.82) is 0 Å². The molecule has 0 saturated carbocycles. The van der Waals surface area contributed by atoms with Crippen molar-refractivity contribution in [1.82, 2.24) is 25.6 Å². The van der Waals surface area contributed by atoms with E-state index in [1.807, 2.05) is 0 Å². The Balaban J connectivity index is 1.67. The molecule has 8 heteroatoms. The first kappa shape index (κ1) is 13.5. The van der Waals surface area contributed by atoms with Gasteiger partial charge in [0.15, 0.2) is 5.69 Å². The smallest absolute Gasteiger partial charge is 0.358 e. The van der Waals surface area contributed by atoms with Gasteiger partial charge in [-0.3, -0.25) is 4.79 Å². The Kier molecular flexibility index (Phi) is 4.45. The van der Waals surface area contributed by atoms with Crippen molar-refractivity contribution in [3.8, 4) is 0 Å². The summed E-state index contributed by atoms with van der Waals surface area (Å²) in [5, 5.41) is 21.8. The van der Waals surface area contributed by atoms with E-state index in [1.165, 1.54) is 10.9 Å². The molecule has 2 heterocycles. The summed E-state index contributed by atoms with van der Waals surface area (Å²) in [7, 11) is 0. The van der Waals surface area contributed by atoms with Crippen molar-refractivity contribution < 1.29 is 14.7 Å². The minimum atomic E-state index is -1.11. The minimum Gasteiger partial charge on any atom is -0.476 e. The first-order valence-corrected chi connectivity index (χ1v) is 6.26. The molecule has 1 atom stereocenters. The topological polar surface area (TPSA) is 109 Å². The van der Waals surface area contributed by atoms with Crippen LogP contribution in [0.3, 0.4) is 0 Å². The molecule has 2 rings (SSSR count). The summed E-state index contributed by atoms with van der Waals surface area (Å²) in [6.07, 6.45) is 2.92. The molecular formula is C11H17N5O3. The second-order valence-electron chi connectivity index (χ2n) is 4.58. The van der Waals surface area contributed by atoms with Gasteiger partial charge in [0.2, 0.25) is 5.91 Å². The molecule has 1 aliphatic heterocycles. The summed E-state index contributed by atoms with van der Waals surface area (Å²) in [6, 6.07) is 0. The van der Waals surface area contributed by atoms with Crippen molar-refractivity contribution in [3.05, 3.63) is 11.9 Å². The summed E-state index contributed by atoms with van der Waals surface area (Å²) < 4.78 is 1.40. The largest absolute Gasteiger partial charge is 0.476 e. The molecular weight excluding hydrogens is 250 g/mol. The molecule has 0 radical (unpaired) electrons. The summed E-state index contributed by atoms with van der Waals surface area (Å²) in [5.74, 6) is -0.665. The molecule has 1 aliphatic rings. The molecule has 1 amide bonds. The highest BCUT2D eigenvalue weighted by molar-refractivity contribution is 5.84. The van der Waals surface area contributed by atoms with E-state index in [-0.39, 0.29) is 11.6 Å². The maximum Gasteiger partial charge on any atom is 0.358 e. The molecule has 3 N–H and O–H groups in total. The van der Waals surface area contributed by atoms with Gasteiger partial charge in [0, 0.05) is 13.0 Å². The Morgan fingerprint density at radius 3 is 3.05 bits per heavy atom. The Morgan fingerprint density at radius 2 is 2.42 bits per heavy atom. The molecule has 1 fully saturated rings. The van der Waals surface area contributed by atoms with E-state index < -0.39 is 5.97 Å². The van der Waals surface area contributed by atoms with Gasteiger partial charge >= 0.3 is 5.97 Å². The van der Waals surface area contributed by atoms with Crippen molar-refractivity contribution >= 4 is 11.9 Å². The fourth-order valence-corrected chi connectivity index (χ4v) is 2.04. The van der Waals surface area contributed by atoms with E-state index in [1.54, 1.807) is 0 Å². The molecule has 19 heavy (non-hydrogen) atoms. The summed E-state index contributed by atoms with van der Waals surface area (Å²) in [5.41, 5.74) is -0.0941. The fraction of sp³-hybridized carbons (Fsp3) is 0.636. The van der Waals surface area contributed by atoms with Crippen LogP contribution in [0.1, 0.15) is 23.3 Å². The van der Waals surface area contributed by atoms with E-state index in [4.69, 9.17) is 5.11 Å². The van der Waals surface area contributed by atoms with Gasteiger partial charge in [-0.1, -0.05) is 5.21 Å². The predicted octanol–water partition coefficient (Wildman–Crippen LogP) is -0.908. The Bertz CT molecular complexity index is 453. The van der Waals surface area contributed by atoms with E-state index in [0.717, 1.165) is 19.5 Å². The Labute approximate surface area is 110 Å². The average molecular weight is 267 g/mol. The SMILES string of the molecule is O=C(CC1CCNC1)NCCn1cc(C(=O)O)nn1. The third kappa shape index (κ3) is 4.02. The Morgan fingerprint density at radius 1 is 1.58 bits per heavy atom. The molecule has 0 aromatic carbocycles. The van der Waals surface area contributed by atoms with Crippen molar-refractivity contribution in [2.75, 3.05) is 19.6 Å². The van der Waals surface area contributed by atoms with E-state index in [9.17, 15) is 9.59 Å². The number of hydrogen-bond donors (Lipinski definition) is 3. The highest BCUT2D eigenvalue weighted by Crippen LogP contribution is 2.11. The zero-order valence-corrected chi connectivity index (χ0v) is 10.5. The van der Waals surface area contributed by atoms with Crippen molar-refractivity contribution in [2.45, 2.75) is 19.4 Å². The zero-order chi connectivity index (χ0) is 13.7.